The molecule has 1 aliphatic carbocycles. The number of piperazine rings is 1. The van der Waals surface area contributed by atoms with Gasteiger partial charge in [0.1, 0.15) is 6.04 Å². The number of ether oxygens (including phenoxy) is 2. The van der Waals surface area contributed by atoms with Gasteiger partial charge in [-0.2, -0.15) is 5.10 Å². The topological polar surface area (TPSA) is 155 Å². The highest BCUT2D eigenvalue weighted by Crippen LogP contribution is 2.23. The summed E-state index contributed by atoms with van der Waals surface area (Å²) in [5.41, 5.74) is 0.624. The summed E-state index contributed by atoms with van der Waals surface area (Å²) in [5, 5.41) is 10.0. The van der Waals surface area contributed by atoms with Crippen LogP contribution in [-0.2, 0) is 19.1 Å². The van der Waals surface area contributed by atoms with Crippen LogP contribution in [0, 0.1) is 0 Å². The molecule has 1 saturated carbocycles. The van der Waals surface area contributed by atoms with Gasteiger partial charge >= 0.3 is 6.09 Å². The zero-order valence-electron chi connectivity index (χ0n) is 24.9. The molecule has 14 nitrogen and oxygen atoms in total. The van der Waals surface area contributed by atoms with E-state index in [4.69, 9.17) is 9.47 Å². The Hall–Kier alpha value is -4.62. The lowest BCUT2D eigenvalue weighted by atomic mass is 9.93. The predicted octanol–water partition coefficient (Wildman–Crippen LogP) is 0.941. The fourth-order valence-corrected chi connectivity index (χ4v) is 5.45. The summed E-state index contributed by atoms with van der Waals surface area (Å²) in [4.78, 5) is 68.3. The molecule has 5 rings (SSSR count). The third-order valence-electron chi connectivity index (χ3n) is 8.14. The maximum absolute atomic E-state index is 13.2. The number of carbonyl (C=O) groups excluding carboxylic acids is 5. The van der Waals surface area contributed by atoms with Crippen molar-refractivity contribution in [3.63, 3.8) is 0 Å². The molecule has 5 amide bonds. The summed E-state index contributed by atoms with van der Waals surface area (Å²) >= 11 is 0. The van der Waals surface area contributed by atoms with Crippen LogP contribution in [0.15, 0.2) is 36.4 Å². The van der Waals surface area contributed by atoms with E-state index in [9.17, 15) is 24.0 Å². The lowest BCUT2D eigenvalue weighted by Crippen LogP contribution is -2.52. The highest BCUT2D eigenvalue weighted by Gasteiger charge is 2.36. The third kappa shape index (κ3) is 7.29. The van der Waals surface area contributed by atoms with E-state index >= 15 is 0 Å². The molecule has 236 valence electrons. The average molecular weight is 610 g/mol. The van der Waals surface area contributed by atoms with Crippen LogP contribution in [0.1, 0.15) is 49.5 Å². The van der Waals surface area contributed by atoms with Gasteiger partial charge in [-0.3, -0.25) is 19.2 Å². The maximum Gasteiger partial charge on any atom is 0.409 e. The van der Waals surface area contributed by atoms with E-state index in [-0.39, 0.29) is 55.1 Å². The summed E-state index contributed by atoms with van der Waals surface area (Å²) in [6, 6.07) is 10.1. The minimum atomic E-state index is -0.582. The molecule has 2 aliphatic heterocycles. The van der Waals surface area contributed by atoms with Gasteiger partial charge in [-0.05, 0) is 51.2 Å². The molecule has 0 radical (unpaired) electrons. The Morgan fingerprint density at radius 2 is 1.64 bits per heavy atom. The van der Waals surface area contributed by atoms with Gasteiger partial charge in [-0.25, -0.2) is 9.48 Å². The number of nitrogens with zero attached hydrogens (tertiary/aromatic N) is 5. The zero-order valence-corrected chi connectivity index (χ0v) is 24.9. The number of hydrogen-bond acceptors (Lipinski definition) is 8. The number of nitrogens with one attached hydrogen (secondary N) is 2. The molecular formula is C30H39N7O7. The molecular weight excluding hydrogens is 570 g/mol. The SMILES string of the molecule is CCOC(=O)N1CCN(C(=O)CNC(=O)c2cc(OCC(=O)N3CCCC3C(=O)NC3CCC3)n(-c3ccccc3)n2)CC1. The van der Waals surface area contributed by atoms with Gasteiger partial charge in [-0.1, -0.05) is 18.2 Å². The first-order valence-corrected chi connectivity index (χ1v) is 15.2. The second kappa shape index (κ2) is 14.2. The Kier molecular flexibility index (Phi) is 9.97. The van der Waals surface area contributed by atoms with Gasteiger partial charge < -0.3 is 34.8 Å². The molecule has 2 aromatic rings. The number of para-hydroxylation sites is 1. The normalized spacial score (nSPS) is 18.4. The van der Waals surface area contributed by atoms with Crippen molar-refractivity contribution in [1.82, 2.24) is 35.1 Å². The fraction of sp³-hybridized carbons (Fsp3) is 0.533. The molecule has 3 aliphatic rings. The van der Waals surface area contributed by atoms with E-state index in [1.165, 1.54) is 10.7 Å². The first-order valence-electron chi connectivity index (χ1n) is 15.2. The summed E-state index contributed by atoms with van der Waals surface area (Å²) in [6.07, 6.45) is 3.98. The van der Waals surface area contributed by atoms with E-state index in [1.54, 1.807) is 33.8 Å². The van der Waals surface area contributed by atoms with Gasteiger partial charge in [0.2, 0.25) is 17.7 Å². The van der Waals surface area contributed by atoms with Crippen LogP contribution in [-0.4, -0.2) is 119 Å². The van der Waals surface area contributed by atoms with Crippen LogP contribution in [0.25, 0.3) is 5.69 Å². The van der Waals surface area contributed by atoms with Crippen LogP contribution in [0.5, 0.6) is 5.88 Å². The second-order valence-electron chi connectivity index (χ2n) is 11.0. The lowest BCUT2D eigenvalue weighted by molar-refractivity contribution is -0.140. The number of benzene rings is 1. The van der Waals surface area contributed by atoms with Crippen molar-refractivity contribution >= 4 is 29.7 Å². The Balaban J connectivity index is 1.18. The molecule has 1 aromatic heterocycles. The summed E-state index contributed by atoms with van der Waals surface area (Å²) in [5.74, 6) is -1.14. The van der Waals surface area contributed by atoms with Crippen LogP contribution < -0.4 is 15.4 Å². The molecule has 1 aromatic carbocycles. The number of likely N-dealkylation sites (tertiary alicyclic amines) is 1. The molecule has 1 unspecified atom stereocenters. The number of carbonyl (C=O) groups is 5. The van der Waals surface area contributed by atoms with Crippen molar-refractivity contribution in [3.05, 3.63) is 42.1 Å². The number of hydrogen-bond donors (Lipinski definition) is 2. The number of rotatable bonds is 10. The molecule has 3 fully saturated rings. The van der Waals surface area contributed by atoms with Gasteiger partial charge in [-0.15, -0.1) is 0 Å². The van der Waals surface area contributed by atoms with Crippen LogP contribution >= 0.6 is 0 Å². The largest absolute Gasteiger partial charge is 0.467 e. The average Bonchev–Trinajstić information content (AvgIpc) is 3.69. The van der Waals surface area contributed by atoms with Crippen LogP contribution in [0.3, 0.4) is 0 Å². The van der Waals surface area contributed by atoms with Crippen molar-refractivity contribution < 1.29 is 33.4 Å². The molecule has 44 heavy (non-hydrogen) atoms. The van der Waals surface area contributed by atoms with Gasteiger partial charge in [0.15, 0.2) is 12.3 Å². The van der Waals surface area contributed by atoms with E-state index in [0.717, 1.165) is 25.7 Å². The summed E-state index contributed by atoms with van der Waals surface area (Å²) in [7, 11) is 0. The van der Waals surface area contributed by atoms with E-state index in [1.807, 2.05) is 18.2 Å². The molecule has 0 spiro atoms. The first kappa shape index (κ1) is 30.8. The van der Waals surface area contributed by atoms with Crippen molar-refractivity contribution in [2.75, 3.05) is 52.5 Å². The monoisotopic (exact) mass is 609 g/mol. The molecule has 1 atom stereocenters. The van der Waals surface area contributed by atoms with Crippen molar-refractivity contribution in [2.24, 2.45) is 0 Å². The van der Waals surface area contributed by atoms with E-state index < -0.39 is 18.0 Å². The number of amides is 5. The minimum Gasteiger partial charge on any atom is -0.467 e. The standard InChI is InChI=1S/C30H39N7O7/c1-2-43-30(42)35-16-14-34(15-17-35)25(38)19-31-28(40)23-18-27(37(33-23)22-10-4-3-5-11-22)44-20-26(39)36-13-7-12-24(36)29(41)32-21-8-6-9-21/h3-5,10-11,18,21,24H,2,6-9,12-17,19-20H2,1H3,(H,31,40)(H,32,41). The van der Waals surface area contributed by atoms with Crippen molar-refractivity contribution in [3.8, 4) is 11.6 Å². The Morgan fingerprint density at radius 1 is 0.909 bits per heavy atom. The minimum absolute atomic E-state index is 0.00941. The Bertz CT molecular complexity index is 1350. The summed E-state index contributed by atoms with van der Waals surface area (Å²) in [6.45, 7) is 3.29. The Labute approximate surface area is 255 Å². The number of aromatic nitrogens is 2. The summed E-state index contributed by atoms with van der Waals surface area (Å²) < 4.78 is 12.3. The zero-order chi connectivity index (χ0) is 31.1. The van der Waals surface area contributed by atoms with Gasteiger partial charge in [0.05, 0.1) is 18.8 Å². The van der Waals surface area contributed by atoms with Gasteiger partial charge in [0, 0.05) is 44.8 Å². The lowest BCUT2D eigenvalue weighted by Gasteiger charge is -2.34. The molecule has 3 heterocycles. The van der Waals surface area contributed by atoms with Crippen LogP contribution in [0.4, 0.5) is 4.79 Å². The Morgan fingerprint density at radius 3 is 2.32 bits per heavy atom. The molecule has 2 N–H and O–H groups in total. The molecule has 0 bridgehead atoms. The van der Waals surface area contributed by atoms with Crippen molar-refractivity contribution in [2.45, 2.75) is 51.1 Å². The highest BCUT2D eigenvalue weighted by molar-refractivity contribution is 5.95. The van der Waals surface area contributed by atoms with Crippen molar-refractivity contribution in [1.29, 1.82) is 0 Å². The molecule has 2 saturated heterocycles. The second-order valence-corrected chi connectivity index (χ2v) is 11.0. The smallest absolute Gasteiger partial charge is 0.409 e. The molecule has 14 heteroatoms. The highest BCUT2D eigenvalue weighted by atomic mass is 16.6. The first-order chi connectivity index (χ1) is 21.3. The fourth-order valence-electron chi connectivity index (χ4n) is 5.45. The quantitative estimate of drug-likeness (QED) is 0.403. The van der Waals surface area contributed by atoms with E-state index in [2.05, 4.69) is 15.7 Å². The predicted molar refractivity (Wildman–Crippen MR) is 157 cm³/mol. The van der Waals surface area contributed by atoms with Gasteiger partial charge in [0.25, 0.3) is 11.8 Å². The third-order valence-corrected chi connectivity index (χ3v) is 8.14. The van der Waals surface area contributed by atoms with E-state index in [0.29, 0.717) is 44.8 Å². The van der Waals surface area contributed by atoms with Crippen LogP contribution in [0.2, 0.25) is 0 Å². The maximum atomic E-state index is 13.2.